The molecule has 29 heavy (non-hydrogen) atoms. The van der Waals surface area contributed by atoms with E-state index < -0.39 is 6.09 Å². The van der Waals surface area contributed by atoms with E-state index in [0.717, 1.165) is 11.1 Å². The van der Waals surface area contributed by atoms with E-state index in [0.29, 0.717) is 42.8 Å². The lowest BCUT2D eigenvalue weighted by atomic mass is 10.1. The number of phenols is 1. The van der Waals surface area contributed by atoms with Gasteiger partial charge >= 0.3 is 6.09 Å². The van der Waals surface area contributed by atoms with E-state index in [2.05, 4.69) is 10.2 Å². The van der Waals surface area contributed by atoms with Crippen molar-refractivity contribution in [2.24, 2.45) is 0 Å². The second-order valence-corrected chi connectivity index (χ2v) is 6.94. The van der Waals surface area contributed by atoms with Gasteiger partial charge in [0.05, 0.1) is 0 Å². The highest BCUT2D eigenvalue weighted by Gasteiger charge is 2.20. The van der Waals surface area contributed by atoms with E-state index in [1.807, 2.05) is 18.2 Å². The lowest BCUT2D eigenvalue weighted by molar-refractivity contribution is 0.102. The number of anilines is 2. The van der Waals surface area contributed by atoms with E-state index in [9.17, 15) is 14.7 Å². The van der Waals surface area contributed by atoms with Crippen LogP contribution in [0.25, 0.3) is 10.8 Å². The van der Waals surface area contributed by atoms with Crippen molar-refractivity contribution >= 4 is 34.1 Å². The first-order chi connectivity index (χ1) is 14.0. The Kier molecular flexibility index (Phi) is 4.95. The maximum absolute atomic E-state index is 12.7. The van der Waals surface area contributed by atoms with Gasteiger partial charge in [-0.1, -0.05) is 24.3 Å². The third-order valence-electron chi connectivity index (χ3n) is 5.19. The predicted octanol–water partition coefficient (Wildman–Crippen LogP) is 3.60. The van der Waals surface area contributed by atoms with Crippen molar-refractivity contribution in [1.82, 2.24) is 4.90 Å². The molecule has 0 aliphatic carbocycles. The lowest BCUT2D eigenvalue weighted by Gasteiger charge is -2.34. The molecular formula is C22H21N3O4. The Morgan fingerprint density at radius 3 is 2.17 bits per heavy atom. The topological polar surface area (TPSA) is 93.1 Å². The fourth-order valence-corrected chi connectivity index (χ4v) is 3.58. The van der Waals surface area contributed by atoms with Crippen LogP contribution in [0, 0.1) is 0 Å². The molecule has 1 aliphatic rings. The zero-order valence-electron chi connectivity index (χ0n) is 15.7. The Balaban J connectivity index is 1.47. The number of fused-ring (bicyclic) bond motifs is 1. The van der Waals surface area contributed by atoms with Crippen molar-refractivity contribution in [3.8, 4) is 5.75 Å². The summed E-state index contributed by atoms with van der Waals surface area (Å²) in [5, 5.41) is 23.4. The zero-order valence-corrected chi connectivity index (χ0v) is 15.7. The van der Waals surface area contributed by atoms with Crippen LogP contribution in [-0.4, -0.2) is 53.3 Å². The predicted molar refractivity (Wildman–Crippen MR) is 112 cm³/mol. The molecule has 3 N–H and O–H groups in total. The van der Waals surface area contributed by atoms with Gasteiger partial charge in [0, 0.05) is 53.9 Å². The highest BCUT2D eigenvalue weighted by atomic mass is 16.4. The van der Waals surface area contributed by atoms with Crippen molar-refractivity contribution < 1.29 is 19.8 Å². The van der Waals surface area contributed by atoms with E-state index >= 15 is 0 Å². The smallest absolute Gasteiger partial charge is 0.407 e. The molecule has 0 spiro atoms. The third-order valence-corrected chi connectivity index (χ3v) is 5.19. The first-order valence-electron chi connectivity index (χ1n) is 9.38. The molecule has 4 rings (SSSR count). The number of piperazine rings is 1. The van der Waals surface area contributed by atoms with Crippen molar-refractivity contribution in [3.05, 3.63) is 66.2 Å². The van der Waals surface area contributed by atoms with E-state index in [-0.39, 0.29) is 11.7 Å². The van der Waals surface area contributed by atoms with Gasteiger partial charge in [0.1, 0.15) is 5.75 Å². The number of hydrogen-bond donors (Lipinski definition) is 3. The van der Waals surface area contributed by atoms with Crippen LogP contribution in [0.15, 0.2) is 60.7 Å². The number of nitrogens with one attached hydrogen (secondary N) is 1. The minimum absolute atomic E-state index is 0.172. The van der Waals surface area contributed by atoms with Crippen LogP contribution in [0.5, 0.6) is 5.75 Å². The van der Waals surface area contributed by atoms with Gasteiger partial charge in [0.2, 0.25) is 0 Å². The van der Waals surface area contributed by atoms with Crippen LogP contribution in [0.2, 0.25) is 0 Å². The summed E-state index contributed by atoms with van der Waals surface area (Å²) in [6.45, 7) is 2.17. The van der Waals surface area contributed by atoms with Gasteiger partial charge in [0.25, 0.3) is 5.91 Å². The summed E-state index contributed by atoms with van der Waals surface area (Å²) in [6, 6.07) is 17.9. The molecule has 0 bridgehead atoms. The standard InChI is InChI=1S/C22H21N3O4/c26-20-6-2-3-17-18(20)4-1-5-19(17)23-21(27)15-7-9-16(10-8-15)24-11-13-25(14-12-24)22(28)29/h1-10,26H,11-14H2,(H,23,27)(H,28,29). The average Bonchev–Trinajstić information content (AvgIpc) is 2.75. The fourth-order valence-electron chi connectivity index (χ4n) is 3.58. The largest absolute Gasteiger partial charge is 0.507 e. The monoisotopic (exact) mass is 391 g/mol. The zero-order chi connectivity index (χ0) is 20.4. The highest BCUT2D eigenvalue weighted by Crippen LogP contribution is 2.30. The molecule has 3 aromatic carbocycles. The van der Waals surface area contributed by atoms with Crippen LogP contribution in [0.4, 0.5) is 16.2 Å². The maximum Gasteiger partial charge on any atom is 0.407 e. The van der Waals surface area contributed by atoms with Gasteiger partial charge in [-0.25, -0.2) is 4.79 Å². The second kappa shape index (κ2) is 7.71. The summed E-state index contributed by atoms with van der Waals surface area (Å²) in [6.07, 6.45) is -0.890. The fraction of sp³-hybridized carbons (Fsp3) is 0.182. The number of carbonyl (C=O) groups excluding carboxylic acids is 1. The van der Waals surface area contributed by atoms with Crippen molar-refractivity contribution in [2.45, 2.75) is 0 Å². The van der Waals surface area contributed by atoms with E-state index in [4.69, 9.17) is 5.11 Å². The summed E-state index contributed by atoms with van der Waals surface area (Å²) >= 11 is 0. The highest BCUT2D eigenvalue weighted by molar-refractivity contribution is 6.10. The minimum Gasteiger partial charge on any atom is -0.507 e. The number of phenolic OH excluding ortho intramolecular Hbond substituents is 1. The minimum atomic E-state index is -0.890. The summed E-state index contributed by atoms with van der Waals surface area (Å²) in [7, 11) is 0. The van der Waals surface area contributed by atoms with Crippen molar-refractivity contribution in [1.29, 1.82) is 0 Å². The van der Waals surface area contributed by atoms with Gasteiger partial charge in [-0.2, -0.15) is 0 Å². The molecule has 0 atom stereocenters. The van der Waals surface area contributed by atoms with E-state index in [1.165, 1.54) is 4.90 Å². The molecule has 1 fully saturated rings. The molecule has 0 radical (unpaired) electrons. The molecule has 3 aromatic rings. The Morgan fingerprint density at radius 2 is 1.48 bits per heavy atom. The number of hydrogen-bond acceptors (Lipinski definition) is 4. The van der Waals surface area contributed by atoms with E-state index in [1.54, 1.807) is 42.5 Å². The first-order valence-corrected chi connectivity index (χ1v) is 9.38. The molecule has 7 heteroatoms. The van der Waals surface area contributed by atoms with Gasteiger partial charge < -0.3 is 25.3 Å². The number of carbonyl (C=O) groups is 2. The number of benzene rings is 3. The molecular weight excluding hydrogens is 370 g/mol. The molecule has 0 aromatic heterocycles. The maximum atomic E-state index is 12.7. The number of carboxylic acid groups (broad SMARTS) is 1. The van der Waals surface area contributed by atoms with Crippen molar-refractivity contribution in [3.63, 3.8) is 0 Å². The summed E-state index contributed by atoms with van der Waals surface area (Å²) in [5.74, 6) is -0.0611. The Hall–Kier alpha value is -3.74. The average molecular weight is 391 g/mol. The summed E-state index contributed by atoms with van der Waals surface area (Å²) in [4.78, 5) is 27.2. The molecule has 2 amide bonds. The third kappa shape index (κ3) is 3.80. The molecule has 148 valence electrons. The number of aromatic hydroxyl groups is 1. The molecule has 1 heterocycles. The van der Waals surface area contributed by atoms with Crippen molar-refractivity contribution in [2.75, 3.05) is 36.4 Å². The number of amides is 2. The quantitative estimate of drug-likeness (QED) is 0.634. The van der Waals surface area contributed by atoms with Crippen LogP contribution < -0.4 is 10.2 Å². The van der Waals surface area contributed by atoms with Gasteiger partial charge in [0.15, 0.2) is 0 Å². The molecule has 1 saturated heterocycles. The molecule has 1 aliphatic heterocycles. The van der Waals surface area contributed by atoms with Gasteiger partial charge in [-0.05, 0) is 36.4 Å². The second-order valence-electron chi connectivity index (χ2n) is 6.94. The normalized spacial score (nSPS) is 14.1. The van der Waals surface area contributed by atoms with Crippen LogP contribution in [0.1, 0.15) is 10.4 Å². The molecule has 0 unspecified atom stereocenters. The van der Waals surface area contributed by atoms with Gasteiger partial charge in [-0.3, -0.25) is 4.79 Å². The Labute approximate surface area is 167 Å². The lowest BCUT2D eigenvalue weighted by Crippen LogP contribution is -2.48. The first kappa shape index (κ1) is 18.6. The number of rotatable bonds is 3. The van der Waals surface area contributed by atoms with Gasteiger partial charge in [-0.15, -0.1) is 0 Å². The molecule has 7 nitrogen and oxygen atoms in total. The van der Waals surface area contributed by atoms with Crippen LogP contribution >= 0.6 is 0 Å². The summed E-state index contributed by atoms with van der Waals surface area (Å²) < 4.78 is 0. The molecule has 0 saturated carbocycles. The number of nitrogens with zero attached hydrogens (tertiary/aromatic N) is 2. The summed E-state index contributed by atoms with van der Waals surface area (Å²) in [5.41, 5.74) is 2.12. The van der Waals surface area contributed by atoms with Crippen LogP contribution in [-0.2, 0) is 0 Å². The van der Waals surface area contributed by atoms with Crippen LogP contribution in [0.3, 0.4) is 0 Å². The Bertz CT molecular complexity index is 1060. The SMILES string of the molecule is O=C(Nc1cccc2c(O)cccc12)c1ccc(N2CCN(C(=O)O)CC2)cc1. The Morgan fingerprint density at radius 1 is 0.828 bits per heavy atom.